The molecule has 0 unspecified atom stereocenters. The van der Waals surface area contributed by atoms with Gasteiger partial charge in [0, 0.05) is 27.9 Å². The van der Waals surface area contributed by atoms with E-state index in [1.54, 1.807) is 0 Å². The molecule has 0 saturated heterocycles. The van der Waals surface area contributed by atoms with Gasteiger partial charge < -0.3 is 4.90 Å². The summed E-state index contributed by atoms with van der Waals surface area (Å²) >= 11 is 0. The van der Waals surface area contributed by atoms with E-state index < -0.39 is 0 Å². The second kappa shape index (κ2) is 14.2. The molecular formula is C60H47N. The summed E-state index contributed by atoms with van der Waals surface area (Å²) in [5, 5.41) is 0. The Balaban J connectivity index is 1.01. The van der Waals surface area contributed by atoms with Gasteiger partial charge in [-0.1, -0.05) is 191 Å². The highest BCUT2D eigenvalue weighted by Crippen LogP contribution is 2.58. The lowest BCUT2D eigenvalue weighted by Gasteiger charge is -2.28. The molecule has 0 fully saturated rings. The number of hydrogen-bond acceptors (Lipinski definition) is 1. The molecule has 0 radical (unpaired) electrons. The fourth-order valence-electron chi connectivity index (χ4n) is 10.2. The van der Waals surface area contributed by atoms with Crippen molar-refractivity contribution in [2.24, 2.45) is 0 Å². The lowest BCUT2D eigenvalue weighted by Crippen LogP contribution is -2.17. The molecule has 0 saturated carbocycles. The number of rotatable bonds is 7. The number of hydrogen-bond donors (Lipinski definition) is 0. The molecule has 0 aromatic heterocycles. The third-order valence-corrected chi connectivity index (χ3v) is 13.5. The van der Waals surface area contributed by atoms with Crippen molar-refractivity contribution < 1.29 is 0 Å². The topological polar surface area (TPSA) is 3.24 Å². The number of fused-ring (bicyclic) bond motifs is 6. The van der Waals surface area contributed by atoms with Gasteiger partial charge in [0.25, 0.3) is 0 Å². The van der Waals surface area contributed by atoms with Crippen molar-refractivity contribution in [3.05, 3.63) is 235 Å². The quantitative estimate of drug-likeness (QED) is 0.156. The minimum Gasteiger partial charge on any atom is -0.310 e. The van der Waals surface area contributed by atoms with E-state index in [0.29, 0.717) is 0 Å². The van der Waals surface area contributed by atoms with Crippen LogP contribution in [0.2, 0.25) is 0 Å². The first-order valence-electron chi connectivity index (χ1n) is 21.5. The molecule has 0 heterocycles. The summed E-state index contributed by atoms with van der Waals surface area (Å²) in [7, 11) is 0. The standard InChI is InChI=1S/C60H47N/c1-59(2)54-25-15-24-50(45-20-12-7-13-21-45)58(54)53-39-56-52(38-57(53)59)51-35-34-49(37-55(51)60(56,3)4)61(48-23-14-22-46(36-48)41-18-10-6-11-19-41)47-32-30-44(31-33-47)43-28-26-42(27-29-43)40-16-8-5-9-17-40/h5-39H,1-4H3. The Morgan fingerprint density at radius 2 is 0.705 bits per heavy atom. The Hall–Kier alpha value is -7.22. The van der Waals surface area contributed by atoms with Gasteiger partial charge in [-0.05, 0) is 138 Å². The molecular weight excluding hydrogens is 735 g/mol. The number of anilines is 3. The first-order valence-corrected chi connectivity index (χ1v) is 21.5. The second-order valence-corrected chi connectivity index (χ2v) is 17.8. The maximum atomic E-state index is 2.54. The van der Waals surface area contributed by atoms with E-state index in [4.69, 9.17) is 0 Å². The zero-order valence-electron chi connectivity index (χ0n) is 35.2. The normalized spacial score (nSPS) is 13.8. The van der Waals surface area contributed by atoms with Gasteiger partial charge in [-0.25, -0.2) is 0 Å². The van der Waals surface area contributed by atoms with Crippen molar-refractivity contribution in [3.8, 4) is 66.8 Å². The second-order valence-electron chi connectivity index (χ2n) is 17.8. The van der Waals surface area contributed by atoms with Gasteiger partial charge in [0.05, 0.1) is 0 Å². The molecule has 292 valence electrons. The van der Waals surface area contributed by atoms with Crippen LogP contribution in [0.1, 0.15) is 49.9 Å². The third-order valence-electron chi connectivity index (χ3n) is 13.5. The van der Waals surface area contributed by atoms with Gasteiger partial charge in [0.2, 0.25) is 0 Å². The minimum absolute atomic E-state index is 0.117. The van der Waals surface area contributed by atoms with Gasteiger partial charge in [0.1, 0.15) is 0 Å². The lowest BCUT2D eigenvalue weighted by atomic mass is 9.79. The summed E-state index contributed by atoms with van der Waals surface area (Å²) in [6.45, 7) is 9.62. The number of benzene rings is 9. The van der Waals surface area contributed by atoms with Crippen LogP contribution in [0.15, 0.2) is 212 Å². The highest BCUT2D eigenvalue weighted by Gasteiger charge is 2.42. The SMILES string of the molecule is CC1(C)c2cc(N(c3ccc(-c4ccc(-c5ccccc5)cc4)cc3)c3cccc(-c4ccccc4)c3)ccc2-c2cc3c(cc21)-c1c(-c2ccccc2)cccc1C3(C)C. The van der Waals surface area contributed by atoms with Crippen molar-refractivity contribution in [2.75, 3.05) is 4.90 Å². The first-order chi connectivity index (χ1) is 29.8. The molecule has 1 heteroatoms. The Morgan fingerprint density at radius 3 is 1.34 bits per heavy atom. The molecule has 61 heavy (non-hydrogen) atoms. The molecule has 9 aromatic rings. The summed E-state index contributed by atoms with van der Waals surface area (Å²) in [6.07, 6.45) is 0. The van der Waals surface area contributed by atoms with E-state index >= 15 is 0 Å². The predicted molar refractivity (Wildman–Crippen MR) is 258 cm³/mol. The van der Waals surface area contributed by atoms with Crippen molar-refractivity contribution in [2.45, 2.75) is 38.5 Å². The van der Waals surface area contributed by atoms with Crippen LogP contribution in [0.25, 0.3) is 66.8 Å². The van der Waals surface area contributed by atoms with Crippen molar-refractivity contribution >= 4 is 17.1 Å². The van der Waals surface area contributed by atoms with Crippen LogP contribution in [-0.4, -0.2) is 0 Å². The fourth-order valence-corrected chi connectivity index (χ4v) is 10.2. The monoisotopic (exact) mass is 781 g/mol. The van der Waals surface area contributed by atoms with Gasteiger partial charge in [-0.15, -0.1) is 0 Å². The maximum Gasteiger partial charge on any atom is 0.0467 e. The zero-order chi connectivity index (χ0) is 41.3. The Kier molecular flexibility index (Phi) is 8.58. The molecule has 0 N–H and O–H groups in total. The predicted octanol–water partition coefficient (Wildman–Crippen LogP) is 16.4. The van der Waals surface area contributed by atoms with E-state index in [9.17, 15) is 0 Å². The zero-order valence-corrected chi connectivity index (χ0v) is 35.2. The average Bonchev–Trinajstić information content (AvgIpc) is 3.68. The molecule has 0 amide bonds. The van der Waals surface area contributed by atoms with Gasteiger partial charge in [0.15, 0.2) is 0 Å². The Labute approximate surface area is 360 Å². The smallest absolute Gasteiger partial charge is 0.0467 e. The van der Waals surface area contributed by atoms with Crippen molar-refractivity contribution in [1.82, 2.24) is 0 Å². The molecule has 1 nitrogen and oxygen atoms in total. The van der Waals surface area contributed by atoms with Crippen LogP contribution in [0.3, 0.4) is 0 Å². The van der Waals surface area contributed by atoms with E-state index in [1.807, 2.05) is 0 Å². The molecule has 0 aliphatic heterocycles. The molecule has 2 aliphatic rings. The van der Waals surface area contributed by atoms with Gasteiger partial charge in [-0.2, -0.15) is 0 Å². The summed E-state index contributed by atoms with van der Waals surface area (Å²) < 4.78 is 0. The van der Waals surface area contributed by atoms with Crippen molar-refractivity contribution in [3.63, 3.8) is 0 Å². The van der Waals surface area contributed by atoms with E-state index in [2.05, 4.69) is 245 Å². The minimum atomic E-state index is -0.211. The highest BCUT2D eigenvalue weighted by atomic mass is 15.1. The highest BCUT2D eigenvalue weighted by molar-refractivity contribution is 5.96. The van der Waals surface area contributed by atoms with Crippen LogP contribution in [-0.2, 0) is 10.8 Å². The fraction of sp³-hybridized carbons (Fsp3) is 0.100. The first kappa shape index (κ1) is 36.8. The molecule has 9 aromatic carbocycles. The average molecular weight is 782 g/mol. The molecule has 2 aliphatic carbocycles. The molecule has 11 rings (SSSR count). The van der Waals surface area contributed by atoms with Gasteiger partial charge in [-0.3, -0.25) is 0 Å². The molecule has 0 atom stereocenters. The maximum absolute atomic E-state index is 2.54. The van der Waals surface area contributed by atoms with Crippen molar-refractivity contribution in [1.29, 1.82) is 0 Å². The summed E-state index contributed by atoms with van der Waals surface area (Å²) in [5.41, 5.74) is 23.9. The summed E-state index contributed by atoms with van der Waals surface area (Å²) in [6, 6.07) is 78.2. The number of nitrogens with zero attached hydrogens (tertiary/aromatic N) is 1. The van der Waals surface area contributed by atoms with Crippen LogP contribution >= 0.6 is 0 Å². The van der Waals surface area contributed by atoms with Crippen LogP contribution in [0.4, 0.5) is 17.1 Å². The molecule has 0 bridgehead atoms. The van der Waals surface area contributed by atoms with E-state index in [0.717, 1.165) is 17.1 Å². The van der Waals surface area contributed by atoms with Crippen LogP contribution < -0.4 is 4.90 Å². The Bertz CT molecular complexity index is 3080. The molecule has 0 spiro atoms. The third kappa shape index (κ3) is 6.07. The summed E-state index contributed by atoms with van der Waals surface area (Å²) in [5.74, 6) is 0. The van der Waals surface area contributed by atoms with Gasteiger partial charge >= 0.3 is 0 Å². The van der Waals surface area contributed by atoms with E-state index in [-0.39, 0.29) is 10.8 Å². The van der Waals surface area contributed by atoms with Crippen LogP contribution in [0, 0.1) is 0 Å². The largest absolute Gasteiger partial charge is 0.310 e. The summed E-state index contributed by atoms with van der Waals surface area (Å²) in [4.78, 5) is 2.43. The lowest BCUT2D eigenvalue weighted by molar-refractivity contribution is 0.652. The Morgan fingerprint density at radius 1 is 0.262 bits per heavy atom. The van der Waals surface area contributed by atoms with E-state index in [1.165, 1.54) is 89.0 Å². The van der Waals surface area contributed by atoms with Crippen LogP contribution in [0.5, 0.6) is 0 Å².